The number of methoxy groups -OCH3 is 1. The minimum atomic E-state index is -3.34. The number of aryl methyl sites for hydroxylation is 1. The second-order valence-corrected chi connectivity index (χ2v) is 9.59. The molecule has 0 radical (unpaired) electrons. The number of rotatable bonds is 7. The molecule has 0 saturated carbocycles. The molecule has 7 heteroatoms. The molecule has 0 fully saturated rings. The molecular weight excluding hydrogens is 388 g/mol. The summed E-state index contributed by atoms with van der Waals surface area (Å²) in [5, 5.41) is 3.02. The van der Waals surface area contributed by atoms with Gasteiger partial charge < -0.3 is 10.1 Å². The molecule has 0 heterocycles. The van der Waals surface area contributed by atoms with Gasteiger partial charge in [0.2, 0.25) is 10.0 Å². The number of hydrogen-bond donors (Lipinski definition) is 1. The van der Waals surface area contributed by atoms with Crippen molar-refractivity contribution in [3.05, 3.63) is 58.7 Å². The van der Waals surface area contributed by atoms with Crippen LogP contribution in [-0.2, 0) is 10.0 Å². The quantitative estimate of drug-likeness (QED) is 0.737. The van der Waals surface area contributed by atoms with Crippen LogP contribution in [0.5, 0.6) is 5.75 Å². The molecule has 1 atom stereocenters. The number of benzene rings is 2. The van der Waals surface area contributed by atoms with Crippen LogP contribution in [0.25, 0.3) is 0 Å². The third-order valence-electron chi connectivity index (χ3n) is 5.05. The summed E-state index contributed by atoms with van der Waals surface area (Å²) in [5.41, 5.74) is 4.16. The van der Waals surface area contributed by atoms with Crippen LogP contribution in [0, 0.1) is 6.92 Å². The van der Waals surface area contributed by atoms with Crippen molar-refractivity contribution < 1.29 is 17.9 Å². The van der Waals surface area contributed by atoms with Gasteiger partial charge in [-0.25, -0.2) is 8.42 Å². The Labute approximate surface area is 173 Å². The third-order valence-corrected chi connectivity index (χ3v) is 6.25. The molecule has 1 unspecified atom stereocenters. The molecule has 0 aliphatic carbocycles. The maximum Gasteiger partial charge on any atom is 0.251 e. The first-order chi connectivity index (χ1) is 13.5. The summed E-state index contributed by atoms with van der Waals surface area (Å²) in [5.74, 6) is 0.935. The van der Waals surface area contributed by atoms with Crippen molar-refractivity contribution in [1.29, 1.82) is 0 Å². The second-order valence-electron chi connectivity index (χ2n) is 7.58. The number of hydrogen-bond acceptors (Lipinski definition) is 4. The van der Waals surface area contributed by atoms with Gasteiger partial charge in [0.05, 0.1) is 25.1 Å². The maximum absolute atomic E-state index is 12.7. The molecule has 0 aliphatic heterocycles. The number of ether oxygens (including phenoxy) is 1. The maximum atomic E-state index is 12.7. The van der Waals surface area contributed by atoms with Gasteiger partial charge in [0, 0.05) is 12.6 Å². The summed E-state index contributed by atoms with van der Waals surface area (Å²) in [4.78, 5) is 12.7. The lowest BCUT2D eigenvalue weighted by atomic mass is 9.93. The fourth-order valence-electron chi connectivity index (χ4n) is 3.18. The number of anilines is 1. The highest BCUT2D eigenvalue weighted by molar-refractivity contribution is 7.92. The molecule has 0 aromatic heterocycles. The molecule has 0 saturated heterocycles. The Morgan fingerprint density at radius 2 is 1.66 bits per heavy atom. The Bertz CT molecular complexity index is 983. The topological polar surface area (TPSA) is 75.7 Å². The van der Waals surface area contributed by atoms with Crippen molar-refractivity contribution in [3.63, 3.8) is 0 Å². The van der Waals surface area contributed by atoms with Gasteiger partial charge in [-0.15, -0.1) is 0 Å². The van der Waals surface area contributed by atoms with Gasteiger partial charge in [-0.3, -0.25) is 9.10 Å². The minimum absolute atomic E-state index is 0.190. The van der Waals surface area contributed by atoms with Crippen molar-refractivity contribution in [3.8, 4) is 5.75 Å². The van der Waals surface area contributed by atoms with Crippen molar-refractivity contribution >= 4 is 21.6 Å². The number of carbonyl (C=O) groups is 1. The average Bonchev–Trinajstić information content (AvgIpc) is 2.65. The van der Waals surface area contributed by atoms with Crippen molar-refractivity contribution in [2.24, 2.45) is 0 Å². The zero-order valence-corrected chi connectivity index (χ0v) is 18.9. The second kappa shape index (κ2) is 8.86. The molecule has 6 nitrogen and oxygen atoms in total. The molecule has 1 amide bonds. The molecule has 158 valence electrons. The van der Waals surface area contributed by atoms with Crippen LogP contribution in [0.15, 0.2) is 36.4 Å². The summed E-state index contributed by atoms with van der Waals surface area (Å²) >= 11 is 0. The van der Waals surface area contributed by atoms with Crippen molar-refractivity contribution in [1.82, 2.24) is 5.32 Å². The lowest BCUT2D eigenvalue weighted by Crippen LogP contribution is -2.28. The average molecular weight is 419 g/mol. The van der Waals surface area contributed by atoms with E-state index in [9.17, 15) is 13.2 Å². The highest BCUT2D eigenvalue weighted by Crippen LogP contribution is 2.32. The molecule has 2 aromatic rings. The zero-order valence-electron chi connectivity index (χ0n) is 18.1. The van der Waals surface area contributed by atoms with E-state index in [1.165, 1.54) is 11.4 Å². The van der Waals surface area contributed by atoms with Crippen LogP contribution in [0.2, 0.25) is 0 Å². The highest BCUT2D eigenvalue weighted by Gasteiger charge is 2.18. The molecule has 0 aliphatic rings. The number of carbonyl (C=O) groups excluding carboxylic acids is 1. The van der Waals surface area contributed by atoms with Gasteiger partial charge in [-0.2, -0.15) is 0 Å². The fourth-order valence-corrected chi connectivity index (χ4v) is 3.69. The SMILES string of the molecule is COc1cc(C)c(C(C)NC(=O)c2ccc(N(C)S(C)(=O)=O)cc2)cc1C(C)C. The van der Waals surface area contributed by atoms with Gasteiger partial charge in [0.1, 0.15) is 5.75 Å². The summed E-state index contributed by atoms with van der Waals surface area (Å²) in [6.45, 7) is 8.16. The van der Waals surface area contributed by atoms with E-state index in [1.807, 2.05) is 19.9 Å². The Morgan fingerprint density at radius 3 is 2.14 bits per heavy atom. The predicted octanol–water partition coefficient (Wildman–Crippen LogP) is 4.01. The van der Waals surface area contributed by atoms with Gasteiger partial charge in [0.15, 0.2) is 0 Å². The Kier molecular flexibility index (Phi) is 6.95. The molecule has 1 N–H and O–H groups in total. The van der Waals surface area contributed by atoms with E-state index >= 15 is 0 Å². The minimum Gasteiger partial charge on any atom is -0.496 e. The van der Waals surface area contributed by atoms with Gasteiger partial charge in [-0.05, 0) is 72.9 Å². The Balaban J connectivity index is 2.22. The third kappa shape index (κ3) is 5.29. The predicted molar refractivity (Wildman–Crippen MR) is 117 cm³/mol. The fraction of sp³-hybridized carbons (Fsp3) is 0.409. The number of nitrogens with one attached hydrogen (secondary N) is 1. The summed E-state index contributed by atoms with van der Waals surface area (Å²) in [6.07, 6.45) is 1.14. The van der Waals surface area contributed by atoms with Crippen molar-refractivity contribution in [2.45, 2.75) is 39.7 Å². The van der Waals surface area contributed by atoms with Crippen molar-refractivity contribution in [2.75, 3.05) is 24.7 Å². The first-order valence-corrected chi connectivity index (χ1v) is 11.3. The van der Waals surface area contributed by atoms with Gasteiger partial charge in [-0.1, -0.05) is 13.8 Å². The number of sulfonamides is 1. The van der Waals surface area contributed by atoms with E-state index in [0.29, 0.717) is 17.2 Å². The summed E-state index contributed by atoms with van der Waals surface area (Å²) < 4.78 is 30.0. The molecular formula is C22H30N2O4S. The molecule has 2 aromatic carbocycles. The van der Waals surface area contributed by atoms with Gasteiger partial charge in [0.25, 0.3) is 5.91 Å². The van der Waals surface area contributed by atoms with E-state index in [2.05, 4.69) is 25.2 Å². The molecule has 0 spiro atoms. The van der Waals surface area contributed by atoms with Crippen LogP contribution >= 0.6 is 0 Å². The standard InChI is InChI=1S/C22H30N2O4S/c1-14(2)19-13-20(15(3)12-21(19)28-6)16(4)23-22(25)17-8-10-18(11-9-17)24(5)29(7,26)27/h8-14,16H,1-7H3,(H,23,25). The van der Waals surface area contributed by atoms with E-state index < -0.39 is 10.0 Å². The smallest absolute Gasteiger partial charge is 0.251 e. The highest BCUT2D eigenvalue weighted by atomic mass is 32.2. The molecule has 2 rings (SSSR count). The Hall–Kier alpha value is -2.54. The van der Waals surface area contributed by atoms with Crippen LogP contribution < -0.4 is 14.4 Å². The largest absolute Gasteiger partial charge is 0.496 e. The zero-order chi connectivity index (χ0) is 21.9. The lowest BCUT2D eigenvalue weighted by molar-refractivity contribution is 0.0940. The monoisotopic (exact) mass is 418 g/mol. The van der Waals surface area contributed by atoms with Crippen LogP contribution in [0.4, 0.5) is 5.69 Å². The number of amides is 1. The van der Waals surface area contributed by atoms with E-state index in [4.69, 9.17) is 4.74 Å². The number of nitrogens with zero attached hydrogens (tertiary/aromatic N) is 1. The summed E-state index contributed by atoms with van der Waals surface area (Å²) in [6, 6.07) is 10.4. The van der Waals surface area contributed by atoms with E-state index in [0.717, 1.165) is 28.7 Å². The van der Waals surface area contributed by atoms with Crippen LogP contribution in [0.1, 0.15) is 59.8 Å². The normalized spacial score (nSPS) is 12.6. The van der Waals surface area contributed by atoms with Gasteiger partial charge >= 0.3 is 0 Å². The molecule has 29 heavy (non-hydrogen) atoms. The van der Waals surface area contributed by atoms with E-state index in [-0.39, 0.29) is 11.9 Å². The Morgan fingerprint density at radius 1 is 1.07 bits per heavy atom. The molecule has 0 bridgehead atoms. The van der Waals surface area contributed by atoms with Crippen LogP contribution in [-0.4, -0.2) is 34.7 Å². The first-order valence-electron chi connectivity index (χ1n) is 9.49. The lowest BCUT2D eigenvalue weighted by Gasteiger charge is -2.21. The van der Waals surface area contributed by atoms with E-state index in [1.54, 1.807) is 31.4 Å². The summed E-state index contributed by atoms with van der Waals surface area (Å²) in [7, 11) is -0.203. The first kappa shape index (κ1) is 22.7. The van der Waals surface area contributed by atoms with Crippen LogP contribution in [0.3, 0.4) is 0 Å².